The molecule has 2 rings (SSSR count). The number of rotatable bonds is 1. The molecule has 0 fully saturated rings. The third-order valence-corrected chi connectivity index (χ3v) is 2.97. The van der Waals surface area contributed by atoms with Crippen molar-refractivity contribution in [3.05, 3.63) is 42.0 Å². The van der Waals surface area contributed by atoms with Crippen LogP contribution in [0.3, 0.4) is 0 Å². The average molecular weight is 275 g/mol. The summed E-state index contributed by atoms with van der Waals surface area (Å²) in [4.78, 5) is 11.9. The van der Waals surface area contributed by atoms with Crippen molar-refractivity contribution in [2.75, 3.05) is 7.05 Å². The number of amides is 1. The summed E-state index contributed by atoms with van der Waals surface area (Å²) in [6.07, 6.45) is 0. The van der Waals surface area contributed by atoms with Crippen LogP contribution in [0.15, 0.2) is 36.4 Å². The summed E-state index contributed by atoms with van der Waals surface area (Å²) in [5.74, 6) is -0.506. The van der Waals surface area contributed by atoms with E-state index in [4.69, 9.17) is 12.2 Å². The Kier molecular flexibility index (Phi) is 3.82. The molecule has 2 aromatic carbocycles. The number of nitrogens with one attached hydrogen (secondary N) is 3. The SMILES string of the molecule is CNC(=S)NNC(=O)c1ccc2ccccc2c1O. The molecule has 0 radical (unpaired) electrons. The van der Waals surface area contributed by atoms with Crippen LogP contribution in [0.2, 0.25) is 0 Å². The standard InChI is InChI=1S/C13H13N3O2S/c1-14-13(19)16-15-12(18)10-7-6-8-4-2-3-5-9(8)11(10)17/h2-7,17H,1H3,(H,15,18)(H2,14,16,19). The van der Waals surface area contributed by atoms with Crippen LogP contribution >= 0.6 is 12.2 Å². The zero-order valence-corrected chi connectivity index (χ0v) is 11.0. The minimum Gasteiger partial charge on any atom is -0.506 e. The maximum Gasteiger partial charge on any atom is 0.273 e. The van der Waals surface area contributed by atoms with E-state index in [9.17, 15) is 9.90 Å². The Morgan fingerprint density at radius 2 is 1.89 bits per heavy atom. The fourth-order valence-electron chi connectivity index (χ4n) is 1.68. The Morgan fingerprint density at radius 3 is 2.63 bits per heavy atom. The minimum absolute atomic E-state index is 0.0484. The fraction of sp³-hybridized carbons (Fsp3) is 0.0769. The van der Waals surface area contributed by atoms with Gasteiger partial charge in [-0.1, -0.05) is 30.3 Å². The molecule has 0 bridgehead atoms. The van der Waals surface area contributed by atoms with Crippen molar-refractivity contribution < 1.29 is 9.90 Å². The van der Waals surface area contributed by atoms with Crippen LogP contribution in [-0.2, 0) is 0 Å². The van der Waals surface area contributed by atoms with Crippen molar-refractivity contribution in [3.63, 3.8) is 0 Å². The number of phenolic OH excluding ortho intramolecular Hbond substituents is 1. The number of hydrogen-bond acceptors (Lipinski definition) is 3. The lowest BCUT2D eigenvalue weighted by Crippen LogP contribution is -2.45. The highest BCUT2D eigenvalue weighted by Crippen LogP contribution is 2.28. The molecule has 2 aromatic rings. The van der Waals surface area contributed by atoms with Gasteiger partial charge in [0, 0.05) is 12.4 Å². The lowest BCUT2D eigenvalue weighted by molar-refractivity contribution is 0.0941. The monoisotopic (exact) mass is 275 g/mol. The molecule has 1 amide bonds. The summed E-state index contributed by atoms with van der Waals surface area (Å²) in [5.41, 5.74) is 5.10. The predicted octanol–water partition coefficient (Wildman–Crippen LogP) is 1.28. The first kappa shape index (κ1) is 13.1. The first-order valence-electron chi connectivity index (χ1n) is 5.62. The van der Waals surface area contributed by atoms with Crippen LogP contribution in [0.1, 0.15) is 10.4 Å². The van der Waals surface area contributed by atoms with Crippen molar-refractivity contribution in [1.29, 1.82) is 0 Å². The molecular formula is C13H13N3O2S. The van der Waals surface area contributed by atoms with E-state index >= 15 is 0 Å². The number of carbonyl (C=O) groups is 1. The van der Waals surface area contributed by atoms with Gasteiger partial charge in [0.25, 0.3) is 5.91 Å². The van der Waals surface area contributed by atoms with Gasteiger partial charge in [0.2, 0.25) is 0 Å². The Bertz CT molecular complexity index is 643. The highest BCUT2D eigenvalue weighted by Gasteiger charge is 2.13. The number of phenols is 1. The van der Waals surface area contributed by atoms with Crippen LogP contribution in [-0.4, -0.2) is 23.2 Å². The maximum atomic E-state index is 11.9. The molecule has 6 heteroatoms. The number of fused-ring (bicyclic) bond motifs is 1. The Hall–Kier alpha value is -2.34. The normalized spacial score (nSPS) is 9.95. The topological polar surface area (TPSA) is 73.4 Å². The zero-order chi connectivity index (χ0) is 13.8. The Morgan fingerprint density at radius 1 is 1.16 bits per heavy atom. The lowest BCUT2D eigenvalue weighted by Gasteiger charge is -2.11. The Labute approximate surface area is 115 Å². The Balaban J connectivity index is 2.27. The summed E-state index contributed by atoms with van der Waals surface area (Å²) in [6, 6.07) is 10.6. The van der Waals surface area contributed by atoms with Crippen LogP contribution < -0.4 is 16.2 Å². The highest BCUT2D eigenvalue weighted by molar-refractivity contribution is 7.80. The summed E-state index contributed by atoms with van der Waals surface area (Å²) in [7, 11) is 1.63. The van der Waals surface area contributed by atoms with E-state index in [-0.39, 0.29) is 16.4 Å². The molecule has 4 N–H and O–H groups in total. The molecule has 0 aliphatic rings. The van der Waals surface area contributed by atoms with Gasteiger partial charge in [-0.3, -0.25) is 15.6 Å². The van der Waals surface area contributed by atoms with E-state index < -0.39 is 5.91 Å². The van der Waals surface area contributed by atoms with Gasteiger partial charge in [-0.15, -0.1) is 0 Å². The number of thiocarbonyl (C=S) groups is 1. The summed E-state index contributed by atoms with van der Waals surface area (Å²) in [6.45, 7) is 0. The molecule has 0 saturated carbocycles. The molecule has 0 heterocycles. The van der Waals surface area contributed by atoms with E-state index in [0.29, 0.717) is 5.39 Å². The van der Waals surface area contributed by atoms with Crippen molar-refractivity contribution in [1.82, 2.24) is 16.2 Å². The second-order valence-corrected chi connectivity index (χ2v) is 4.25. The van der Waals surface area contributed by atoms with Gasteiger partial charge in [-0.25, -0.2) is 0 Å². The third-order valence-electron chi connectivity index (χ3n) is 2.66. The molecule has 19 heavy (non-hydrogen) atoms. The van der Waals surface area contributed by atoms with Gasteiger partial charge in [0.1, 0.15) is 5.75 Å². The van der Waals surface area contributed by atoms with Gasteiger partial charge in [0.05, 0.1) is 5.56 Å². The molecule has 0 atom stereocenters. The first-order chi connectivity index (χ1) is 9.13. The molecule has 0 saturated heterocycles. The van der Waals surface area contributed by atoms with Gasteiger partial charge in [0.15, 0.2) is 5.11 Å². The van der Waals surface area contributed by atoms with Crippen LogP contribution in [0.4, 0.5) is 0 Å². The number of hydrogen-bond donors (Lipinski definition) is 4. The van der Waals surface area contributed by atoms with E-state index in [2.05, 4.69) is 16.2 Å². The van der Waals surface area contributed by atoms with Crippen molar-refractivity contribution >= 4 is 34.0 Å². The smallest absolute Gasteiger partial charge is 0.273 e. The number of benzene rings is 2. The van der Waals surface area contributed by atoms with E-state index in [1.807, 2.05) is 12.1 Å². The van der Waals surface area contributed by atoms with Crippen molar-refractivity contribution in [3.8, 4) is 5.75 Å². The number of hydrazine groups is 1. The molecule has 0 aromatic heterocycles. The summed E-state index contributed by atoms with van der Waals surface area (Å²) in [5, 5.41) is 14.6. The van der Waals surface area contributed by atoms with E-state index in [1.165, 1.54) is 0 Å². The van der Waals surface area contributed by atoms with Gasteiger partial charge < -0.3 is 10.4 Å². The minimum atomic E-state index is -0.458. The molecule has 0 aliphatic carbocycles. The largest absolute Gasteiger partial charge is 0.506 e. The second-order valence-electron chi connectivity index (χ2n) is 3.84. The van der Waals surface area contributed by atoms with Crippen LogP contribution in [0.5, 0.6) is 5.75 Å². The number of aromatic hydroxyl groups is 1. The van der Waals surface area contributed by atoms with Gasteiger partial charge >= 0.3 is 0 Å². The molecule has 98 valence electrons. The molecule has 0 spiro atoms. The second kappa shape index (κ2) is 5.53. The molecule has 0 aliphatic heterocycles. The van der Waals surface area contributed by atoms with Gasteiger partial charge in [-0.2, -0.15) is 0 Å². The molecule has 0 unspecified atom stereocenters. The van der Waals surface area contributed by atoms with E-state index in [1.54, 1.807) is 31.3 Å². The fourth-order valence-corrected chi connectivity index (χ4v) is 1.73. The lowest BCUT2D eigenvalue weighted by atomic mass is 10.1. The van der Waals surface area contributed by atoms with Crippen molar-refractivity contribution in [2.45, 2.75) is 0 Å². The first-order valence-corrected chi connectivity index (χ1v) is 6.03. The maximum absolute atomic E-state index is 11.9. The molecule has 5 nitrogen and oxygen atoms in total. The third kappa shape index (κ3) is 2.74. The number of carbonyl (C=O) groups excluding carboxylic acids is 1. The van der Waals surface area contributed by atoms with Gasteiger partial charge in [-0.05, 0) is 23.7 Å². The van der Waals surface area contributed by atoms with Crippen LogP contribution in [0, 0.1) is 0 Å². The summed E-state index contributed by atoms with van der Waals surface area (Å²) >= 11 is 4.83. The van der Waals surface area contributed by atoms with Crippen molar-refractivity contribution in [2.24, 2.45) is 0 Å². The highest BCUT2D eigenvalue weighted by atomic mass is 32.1. The van der Waals surface area contributed by atoms with E-state index in [0.717, 1.165) is 5.39 Å². The average Bonchev–Trinajstić information content (AvgIpc) is 2.45. The zero-order valence-electron chi connectivity index (χ0n) is 10.2. The predicted molar refractivity (Wildman–Crippen MR) is 77.9 cm³/mol. The van der Waals surface area contributed by atoms with Crippen LogP contribution in [0.25, 0.3) is 10.8 Å². The molecular weight excluding hydrogens is 262 g/mol. The quantitative estimate of drug-likeness (QED) is 0.466. The summed E-state index contributed by atoms with van der Waals surface area (Å²) < 4.78 is 0.